The fourth-order valence-electron chi connectivity index (χ4n) is 3.07. The number of anilines is 2. The van der Waals surface area contributed by atoms with Gasteiger partial charge in [0.25, 0.3) is 0 Å². The number of para-hydroxylation sites is 2. The van der Waals surface area contributed by atoms with Gasteiger partial charge in [-0.3, -0.25) is 0 Å². The maximum absolute atomic E-state index is 2.28. The minimum atomic E-state index is 1.23. The first-order valence-electron chi connectivity index (χ1n) is 8.21. The van der Waals surface area contributed by atoms with Gasteiger partial charge < -0.3 is 9.80 Å². The first-order chi connectivity index (χ1) is 11.6. The highest BCUT2D eigenvalue weighted by molar-refractivity contribution is 5.84. The van der Waals surface area contributed by atoms with Crippen LogP contribution in [0.4, 0.5) is 11.4 Å². The van der Waals surface area contributed by atoms with Crippen molar-refractivity contribution in [3.63, 3.8) is 0 Å². The Labute approximate surface area is 145 Å². The van der Waals surface area contributed by atoms with E-state index in [1.165, 1.54) is 33.6 Å². The highest BCUT2D eigenvalue weighted by Crippen LogP contribution is 2.35. The maximum Gasteiger partial charge on any atom is 0.0440 e. The molecule has 0 aliphatic rings. The van der Waals surface area contributed by atoms with Crippen molar-refractivity contribution in [1.82, 2.24) is 0 Å². The summed E-state index contributed by atoms with van der Waals surface area (Å²) in [6.45, 7) is 0. The van der Waals surface area contributed by atoms with Crippen molar-refractivity contribution in [2.24, 2.45) is 0 Å². The lowest BCUT2D eigenvalue weighted by Crippen LogP contribution is -2.10. The van der Waals surface area contributed by atoms with Gasteiger partial charge >= 0.3 is 0 Å². The average Bonchev–Trinajstić information content (AvgIpc) is 2.61. The SMILES string of the molecule is CN(C)c1ccccc1-c1cccc(-c2ccccc2N(C)C)c1. The summed E-state index contributed by atoms with van der Waals surface area (Å²) in [5, 5.41) is 0. The molecule has 0 atom stereocenters. The van der Waals surface area contributed by atoms with E-state index >= 15 is 0 Å². The number of hydrogen-bond acceptors (Lipinski definition) is 2. The molecule has 0 fully saturated rings. The van der Waals surface area contributed by atoms with Gasteiger partial charge in [-0.2, -0.15) is 0 Å². The zero-order valence-electron chi connectivity index (χ0n) is 14.8. The molecule has 0 aliphatic carbocycles. The van der Waals surface area contributed by atoms with Crippen molar-refractivity contribution in [1.29, 1.82) is 0 Å². The molecule has 0 saturated carbocycles. The summed E-state index contributed by atoms with van der Waals surface area (Å²) in [7, 11) is 8.35. The zero-order chi connectivity index (χ0) is 17.1. The molecule has 3 aromatic carbocycles. The van der Waals surface area contributed by atoms with Gasteiger partial charge in [-0.15, -0.1) is 0 Å². The van der Waals surface area contributed by atoms with Crippen LogP contribution in [0, 0.1) is 0 Å². The van der Waals surface area contributed by atoms with Crippen LogP contribution in [0.1, 0.15) is 0 Å². The van der Waals surface area contributed by atoms with E-state index in [1.807, 2.05) is 0 Å². The lowest BCUT2D eigenvalue weighted by molar-refractivity contribution is 1.13. The molecule has 0 aromatic heterocycles. The largest absolute Gasteiger partial charge is 0.377 e. The second kappa shape index (κ2) is 6.79. The fourth-order valence-corrected chi connectivity index (χ4v) is 3.07. The lowest BCUT2D eigenvalue weighted by atomic mass is 9.96. The summed E-state index contributed by atoms with van der Waals surface area (Å²) in [6.07, 6.45) is 0. The molecule has 24 heavy (non-hydrogen) atoms. The second-order valence-corrected chi connectivity index (χ2v) is 6.40. The summed E-state index contributed by atoms with van der Waals surface area (Å²) >= 11 is 0. The Bertz CT molecular complexity index is 768. The van der Waals surface area contributed by atoms with Crippen LogP contribution in [0.5, 0.6) is 0 Å². The second-order valence-electron chi connectivity index (χ2n) is 6.40. The van der Waals surface area contributed by atoms with Gasteiger partial charge in [0, 0.05) is 50.7 Å². The smallest absolute Gasteiger partial charge is 0.0440 e. The van der Waals surface area contributed by atoms with Crippen LogP contribution in [0.3, 0.4) is 0 Å². The molecule has 2 heteroatoms. The molecule has 122 valence electrons. The molecule has 0 heterocycles. The normalized spacial score (nSPS) is 10.5. The number of nitrogens with zero attached hydrogens (tertiary/aromatic N) is 2. The lowest BCUT2D eigenvalue weighted by Gasteiger charge is -2.19. The van der Waals surface area contributed by atoms with Crippen molar-refractivity contribution in [2.45, 2.75) is 0 Å². The Balaban J connectivity index is 2.12. The monoisotopic (exact) mass is 316 g/mol. The molecule has 0 amide bonds. The first kappa shape index (κ1) is 16.1. The Morgan fingerprint density at radius 1 is 0.500 bits per heavy atom. The van der Waals surface area contributed by atoms with Gasteiger partial charge in [0.1, 0.15) is 0 Å². The van der Waals surface area contributed by atoms with E-state index in [-0.39, 0.29) is 0 Å². The Kier molecular flexibility index (Phi) is 4.57. The van der Waals surface area contributed by atoms with Gasteiger partial charge in [-0.25, -0.2) is 0 Å². The van der Waals surface area contributed by atoms with E-state index in [0.29, 0.717) is 0 Å². The summed E-state index contributed by atoms with van der Waals surface area (Å²) in [5.41, 5.74) is 7.46. The van der Waals surface area contributed by atoms with E-state index in [9.17, 15) is 0 Å². The van der Waals surface area contributed by atoms with Gasteiger partial charge in [0.05, 0.1) is 0 Å². The van der Waals surface area contributed by atoms with E-state index < -0.39 is 0 Å². The van der Waals surface area contributed by atoms with Crippen molar-refractivity contribution in [2.75, 3.05) is 38.0 Å². The summed E-state index contributed by atoms with van der Waals surface area (Å²) < 4.78 is 0. The highest BCUT2D eigenvalue weighted by Gasteiger charge is 2.10. The van der Waals surface area contributed by atoms with Crippen molar-refractivity contribution in [3.05, 3.63) is 72.8 Å². The molecule has 0 N–H and O–H groups in total. The van der Waals surface area contributed by atoms with E-state index in [1.54, 1.807) is 0 Å². The van der Waals surface area contributed by atoms with E-state index in [0.717, 1.165) is 0 Å². The third-order valence-electron chi connectivity index (χ3n) is 4.26. The van der Waals surface area contributed by atoms with Gasteiger partial charge in [-0.1, -0.05) is 54.6 Å². The van der Waals surface area contributed by atoms with Crippen molar-refractivity contribution >= 4 is 11.4 Å². The van der Waals surface area contributed by atoms with Crippen LogP contribution in [0.25, 0.3) is 22.3 Å². The quantitative estimate of drug-likeness (QED) is 0.656. The maximum atomic E-state index is 2.28. The summed E-state index contributed by atoms with van der Waals surface area (Å²) in [6, 6.07) is 25.9. The molecule has 0 saturated heterocycles. The molecule has 3 rings (SSSR count). The Morgan fingerprint density at radius 3 is 1.33 bits per heavy atom. The minimum absolute atomic E-state index is 1.23. The average molecular weight is 316 g/mol. The zero-order valence-corrected chi connectivity index (χ0v) is 14.8. The summed E-state index contributed by atoms with van der Waals surface area (Å²) in [5.74, 6) is 0. The van der Waals surface area contributed by atoms with Crippen LogP contribution in [0.15, 0.2) is 72.8 Å². The summed E-state index contributed by atoms with van der Waals surface area (Å²) in [4.78, 5) is 4.32. The number of rotatable bonds is 4. The predicted octanol–water partition coefficient (Wildman–Crippen LogP) is 5.15. The van der Waals surface area contributed by atoms with E-state index in [4.69, 9.17) is 0 Å². The molecule has 0 unspecified atom stereocenters. The van der Waals surface area contributed by atoms with Gasteiger partial charge in [-0.05, 0) is 29.3 Å². The van der Waals surface area contributed by atoms with E-state index in [2.05, 4.69) is 111 Å². The number of hydrogen-bond donors (Lipinski definition) is 0. The Morgan fingerprint density at radius 2 is 0.917 bits per heavy atom. The molecular formula is C22H24N2. The fraction of sp³-hybridized carbons (Fsp3) is 0.182. The van der Waals surface area contributed by atoms with Crippen molar-refractivity contribution < 1.29 is 0 Å². The molecule has 0 bridgehead atoms. The molecule has 0 radical (unpaired) electrons. The van der Waals surface area contributed by atoms with Gasteiger partial charge in [0.2, 0.25) is 0 Å². The third-order valence-corrected chi connectivity index (χ3v) is 4.26. The minimum Gasteiger partial charge on any atom is -0.377 e. The Hall–Kier alpha value is -2.74. The molecule has 0 spiro atoms. The molecule has 2 nitrogen and oxygen atoms in total. The standard InChI is InChI=1S/C22H24N2/c1-23(2)21-14-7-5-12-19(21)17-10-9-11-18(16-17)20-13-6-8-15-22(20)24(3)4/h5-16H,1-4H3. The molecular weight excluding hydrogens is 292 g/mol. The highest BCUT2D eigenvalue weighted by atomic mass is 15.1. The first-order valence-corrected chi connectivity index (χ1v) is 8.21. The van der Waals surface area contributed by atoms with Crippen LogP contribution in [-0.4, -0.2) is 28.2 Å². The topological polar surface area (TPSA) is 6.48 Å². The predicted molar refractivity (Wildman–Crippen MR) is 106 cm³/mol. The van der Waals surface area contributed by atoms with Crippen LogP contribution >= 0.6 is 0 Å². The number of benzene rings is 3. The van der Waals surface area contributed by atoms with Gasteiger partial charge in [0.15, 0.2) is 0 Å². The molecule has 0 aliphatic heterocycles. The van der Waals surface area contributed by atoms with Crippen molar-refractivity contribution in [3.8, 4) is 22.3 Å². The van der Waals surface area contributed by atoms with Crippen LogP contribution in [0.2, 0.25) is 0 Å². The third kappa shape index (κ3) is 3.13. The van der Waals surface area contributed by atoms with Crippen LogP contribution in [-0.2, 0) is 0 Å². The molecule has 3 aromatic rings. The van der Waals surface area contributed by atoms with Crippen LogP contribution < -0.4 is 9.80 Å².